The van der Waals surface area contributed by atoms with Crippen LogP contribution in [-0.2, 0) is 17.6 Å². The summed E-state index contributed by atoms with van der Waals surface area (Å²) in [6.07, 6.45) is 4.44. The summed E-state index contributed by atoms with van der Waals surface area (Å²) in [4.78, 5) is 30.9. The number of fused-ring (bicyclic) bond motifs is 1. The number of nitrogens with zero attached hydrogens (tertiary/aromatic N) is 1. The van der Waals surface area contributed by atoms with Crippen molar-refractivity contribution in [2.75, 3.05) is 6.61 Å². The highest BCUT2D eigenvalue weighted by atomic mass is 79.9. The lowest BCUT2D eigenvalue weighted by Gasteiger charge is -2.08. The summed E-state index contributed by atoms with van der Waals surface area (Å²) in [6.45, 7) is 2.09. The van der Waals surface area contributed by atoms with Gasteiger partial charge in [-0.2, -0.15) is 0 Å². The number of hydrogen-bond donors (Lipinski definition) is 0. The maximum Gasteiger partial charge on any atom is 0.343 e. The van der Waals surface area contributed by atoms with Crippen molar-refractivity contribution >= 4 is 62.0 Å². The van der Waals surface area contributed by atoms with Crippen LogP contribution >= 0.6 is 38.9 Å². The van der Waals surface area contributed by atoms with Crippen LogP contribution in [0.1, 0.15) is 50.1 Å². The first kappa shape index (κ1) is 22.7. The lowest BCUT2D eigenvalue weighted by molar-refractivity contribution is 0.0526. The molecule has 3 aromatic rings. The van der Waals surface area contributed by atoms with E-state index in [9.17, 15) is 9.59 Å². The van der Waals surface area contributed by atoms with Gasteiger partial charge >= 0.3 is 11.9 Å². The Morgan fingerprint density at radius 2 is 2.03 bits per heavy atom. The van der Waals surface area contributed by atoms with Crippen LogP contribution < -0.4 is 4.74 Å². The topological polar surface area (TPSA) is 65.0 Å². The third-order valence-electron chi connectivity index (χ3n) is 4.94. The SMILES string of the molecule is CCOC(=O)c1c(N=Cc2cc(Br)ccc2OC(=O)c2cccc(Cl)c2)sc2c1CCC2. The molecule has 4 rings (SSSR count). The van der Waals surface area contributed by atoms with E-state index >= 15 is 0 Å². The minimum atomic E-state index is -0.521. The van der Waals surface area contributed by atoms with Gasteiger partial charge in [0.1, 0.15) is 10.8 Å². The first-order chi connectivity index (χ1) is 15.5. The van der Waals surface area contributed by atoms with Crippen molar-refractivity contribution in [3.8, 4) is 5.75 Å². The Labute approximate surface area is 203 Å². The Bertz CT molecular complexity index is 1220. The first-order valence-corrected chi connectivity index (χ1v) is 12.1. The van der Waals surface area contributed by atoms with Gasteiger partial charge < -0.3 is 9.47 Å². The molecule has 0 bridgehead atoms. The van der Waals surface area contributed by atoms with Crippen LogP contribution in [0.3, 0.4) is 0 Å². The van der Waals surface area contributed by atoms with Crippen molar-refractivity contribution < 1.29 is 19.1 Å². The van der Waals surface area contributed by atoms with Crippen molar-refractivity contribution in [1.29, 1.82) is 0 Å². The lowest BCUT2D eigenvalue weighted by atomic mass is 10.1. The van der Waals surface area contributed by atoms with E-state index in [1.54, 1.807) is 55.6 Å². The standard InChI is InChI=1S/C24H19BrClNO4S/c1-2-30-24(29)21-18-7-4-8-20(18)32-22(21)27-13-15-11-16(25)9-10-19(15)31-23(28)14-5-3-6-17(26)12-14/h3,5-6,9-13H,2,4,7-8H2,1H3. The first-order valence-electron chi connectivity index (χ1n) is 10.1. The summed E-state index contributed by atoms with van der Waals surface area (Å²) >= 11 is 10.9. The van der Waals surface area contributed by atoms with E-state index in [-0.39, 0.29) is 5.97 Å². The number of carbonyl (C=O) groups is 2. The van der Waals surface area contributed by atoms with Crippen molar-refractivity contribution in [3.63, 3.8) is 0 Å². The smallest absolute Gasteiger partial charge is 0.343 e. The Kier molecular flexibility index (Phi) is 7.08. The number of hydrogen-bond acceptors (Lipinski definition) is 6. The average Bonchev–Trinajstić information content (AvgIpc) is 3.34. The Morgan fingerprint density at radius 1 is 1.19 bits per heavy atom. The molecular formula is C24H19BrClNO4S. The van der Waals surface area contributed by atoms with Crippen LogP contribution in [0, 0.1) is 0 Å². The maximum absolute atomic E-state index is 12.6. The molecule has 0 atom stereocenters. The number of carbonyl (C=O) groups excluding carboxylic acids is 2. The number of rotatable bonds is 6. The van der Waals surface area contributed by atoms with E-state index in [2.05, 4.69) is 20.9 Å². The van der Waals surface area contributed by atoms with Gasteiger partial charge in [-0.15, -0.1) is 11.3 Å². The maximum atomic E-state index is 12.6. The Balaban J connectivity index is 1.65. The highest BCUT2D eigenvalue weighted by molar-refractivity contribution is 9.10. The summed E-state index contributed by atoms with van der Waals surface area (Å²) in [7, 11) is 0. The molecule has 0 spiro atoms. The quantitative estimate of drug-likeness (QED) is 0.199. The molecule has 2 aromatic carbocycles. The number of aryl methyl sites for hydroxylation is 1. The Hall–Kier alpha value is -2.48. The third-order valence-corrected chi connectivity index (χ3v) is 6.87. The molecule has 0 saturated heterocycles. The van der Waals surface area contributed by atoms with Gasteiger partial charge in [-0.05, 0) is 68.1 Å². The molecule has 0 fully saturated rings. The summed E-state index contributed by atoms with van der Waals surface area (Å²) < 4.78 is 11.7. The number of thiophene rings is 1. The van der Waals surface area contributed by atoms with E-state index in [0.717, 1.165) is 29.3 Å². The van der Waals surface area contributed by atoms with E-state index < -0.39 is 5.97 Å². The minimum Gasteiger partial charge on any atom is -0.462 e. The zero-order chi connectivity index (χ0) is 22.7. The average molecular weight is 533 g/mol. The highest BCUT2D eigenvalue weighted by Gasteiger charge is 2.27. The second-order valence-corrected chi connectivity index (χ2v) is 9.53. The van der Waals surface area contributed by atoms with E-state index in [4.69, 9.17) is 21.1 Å². The molecule has 0 unspecified atom stereocenters. The van der Waals surface area contributed by atoms with Crippen molar-refractivity contribution in [1.82, 2.24) is 0 Å². The minimum absolute atomic E-state index is 0.307. The molecule has 164 valence electrons. The van der Waals surface area contributed by atoms with Gasteiger partial charge in [0.05, 0.1) is 17.7 Å². The lowest BCUT2D eigenvalue weighted by Crippen LogP contribution is -2.09. The molecule has 1 aliphatic carbocycles. The zero-order valence-electron chi connectivity index (χ0n) is 17.2. The molecule has 32 heavy (non-hydrogen) atoms. The highest BCUT2D eigenvalue weighted by Crippen LogP contribution is 2.41. The largest absolute Gasteiger partial charge is 0.462 e. The van der Waals surface area contributed by atoms with Gasteiger partial charge in [0.15, 0.2) is 0 Å². The molecule has 0 N–H and O–H groups in total. The van der Waals surface area contributed by atoms with E-state index in [0.29, 0.717) is 39.1 Å². The molecule has 5 nitrogen and oxygen atoms in total. The number of halogens is 2. The van der Waals surface area contributed by atoms with Gasteiger partial charge in [-0.3, -0.25) is 0 Å². The summed E-state index contributed by atoms with van der Waals surface area (Å²) in [5.41, 5.74) is 2.54. The van der Waals surface area contributed by atoms with Crippen molar-refractivity contribution in [2.24, 2.45) is 4.99 Å². The van der Waals surface area contributed by atoms with E-state index in [1.807, 2.05) is 0 Å². The van der Waals surface area contributed by atoms with Crippen molar-refractivity contribution in [3.05, 3.63) is 79.1 Å². The zero-order valence-corrected chi connectivity index (χ0v) is 20.4. The predicted molar refractivity (Wildman–Crippen MR) is 130 cm³/mol. The number of aliphatic imine (C=N–C) groups is 1. The number of esters is 2. The van der Waals surface area contributed by atoms with Crippen LogP contribution in [0.4, 0.5) is 5.00 Å². The molecule has 1 heterocycles. The van der Waals surface area contributed by atoms with Crippen LogP contribution in [0.15, 0.2) is 51.9 Å². The normalized spacial score (nSPS) is 12.7. The van der Waals surface area contributed by atoms with E-state index in [1.165, 1.54) is 16.2 Å². The van der Waals surface area contributed by atoms with Gasteiger partial charge in [0, 0.05) is 26.2 Å². The van der Waals surface area contributed by atoms with Crippen molar-refractivity contribution in [2.45, 2.75) is 26.2 Å². The van der Waals surface area contributed by atoms with Crippen LogP contribution in [-0.4, -0.2) is 24.8 Å². The predicted octanol–water partition coefficient (Wildman–Crippen LogP) is 6.80. The molecule has 0 aliphatic heterocycles. The third kappa shape index (κ3) is 4.95. The molecule has 0 amide bonds. The fourth-order valence-electron chi connectivity index (χ4n) is 3.51. The van der Waals surface area contributed by atoms with Crippen LogP contribution in [0.5, 0.6) is 5.75 Å². The van der Waals surface area contributed by atoms with Gasteiger partial charge in [0.2, 0.25) is 0 Å². The fraction of sp³-hybridized carbons (Fsp3) is 0.208. The fourth-order valence-corrected chi connectivity index (χ4v) is 5.30. The van der Waals surface area contributed by atoms with Gasteiger partial charge in [0.25, 0.3) is 0 Å². The Morgan fingerprint density at radius 3 is 2.81 bits per heavy atom. The van der Waals surface area contributed by atoms with Crippen LogP contribution in [0.25, 0.3) is 0 Å². The monoisotopic (exact) mass is 531 g/mol. The molecular weight excluding hydrogens is 514 g/mol. The van der Waals surface area contributed by atoms with Crippen LogP contribution in [0.2, 0.25) is 5.02 Å². The molecule has 1 aromatic heterocycles. The second kappa shape index (κ2) is 9.98. The molecule has 8 heteroatoms. The number of benzene rings is 2. The molecule has 0 saturated carbocycles. The van der Waals surface area contributed by atoms with Gasteiger partial charge in [-0.25, -0.2) is 14.6 Å². The van der Waals surface area contributed by atoms with Gasteiger partial charge in [-0.1, -0.05) is 33.6 Å². The second-order valence-electron chi connectivity index (χ2n) is 7.10. The number of ether oxygens (including phenoxy) is 2. The summed E-state index contributed by atoms with van der Waals surface area (Å²) in [5.74, 6) is -0.517. The summed E-state index contributed by atoms with van der Waals surface area (Å²) in [6, 6.07) is 11.8. The molecule has 1 aliphatic rings. The summed E-state index contributed by atoms with van der Waals surface area (Å²) in [5, 5.41) is 1.06. The molecule has 0 radical (unpaired) electrons.